The average Bonchev–Trinajstić information content (AvgIpc) is 3.04. The van der Waals surface area contributed by atoms with Gasteiger partial charge in [-0.3, -0.25) is 0 Å². The Bertz CT molecular complexity index is 703. The topological polar surface area (TPSA) is 30.7 Å². The molecule has 1 unspecified atom stereocenters. The van der Waals surface area contributed by atoms with Gasteiger partial charge in [0.25, 0.3) is 0 Å². The first-order valence-electron chi connectivity index (χ1n) is 6.13. The van der Waals surface area contributed by atoms with Gasteiger partial charge in [-0.2, -0.15) is 11.3 Å². The number of rotatable bonds is 3. The summed E-state index contributed by atoms with van der Waals surface area (Å²) >= 11 is 7.74. The minimum Gasteiger partial charge on any atom is -0.304 e. The minimum absolute atomic E-state index is 0.194. The molecule has 0 N–H and O–H groups in total. The van der Waals surface area contributed by atoms with Gasteiger partial charge in [0, 0.05) is 5.69 Å². The average molecular weight is 292 g/mol. The fraction of sp³-hybridized carbons (Fsp3) is 0.286. The predicted molar refractivity (Wildman–Crippen MR) is 80.0 cm³/mol. The molecule has 3 aromatic heterocycles. The molecule has 5 heteroatoms. The largest absolute Gasteiger partial charge is 0.304 e. The number of aryl methyl sites for hydroxylation is 1. The van der Waals surface area contributed by atoms with Crippen LogP contribution in [0.3, 0.4) is 0 Å². The lowest BCUT2D eigenvalue weighted by atomic mass is 10.2. The smallest absolute Gasteiger partial charge is 0.160 e. The maximum Gasteiger partial charge on any atom is 0.160 e. The fourth-order valence-corrected chi connectivity index (χ4v) is 3.21. The molecular formula is C14H14ClN3S. The van der Waals surface area contributed by atoms with Crippen LogP contribution in [-0.2, 0) is 5.88 Å². The Morgan fingerprint density at radius 2 is 2.16 bits per heavy atom. The van der Waals surface area contributed by atoms with E-state index in [1.165, 1.54) is 5.56 Å². The highest BCUT2D eigenvalue weighted by Gasteiger charge is 2.18. The van der Waals surface area contributed by atoms with Gasteiger partial charge in [0.15, 0.2) is 5.65 Å². The zero-order chi connectivity index (χ0) is 13.4. The molecule has 0 aliphatic heterocycles. The lowest BCUT2D eigenvalue weighted by Gasteiger charge is -2.15. The van der Waals surface area contributed by atoms with E-state index in [-0.39, 0.29) is 6.04 Å². The van der Waals surface area contributed by atoms with Gasteiger partial charge in [-0.25, -0.2) is 9.97 Å². The number of pyridine rings is 1. The number of thiophene rings is 1. The van der Waals surface area contributed by atoms with E-state index in [0.29, 0.717) is 5.88 Å². The Balaban J connectivity index is 2.23. The molecular weight excluding hydrogens is 278 g/mol. The van der Waals surface area contributed by atoms with Crippen LogP contribution in [-0.4, -0.2) is 14.5 Å². The predicted octanol–water partition coefficient (Wildman–Crippen LogP) is 4.15. The number of hydrogen-bond donors (Lipinski definition) is 0. The summed E-state index contributed by atoms with van der Waals surface area (Å²) in [5.74, 6) is 1.26. The zero-order valence-electron chi connectivity index (χ0n) is 10.8. The second-order valence-electron chi connectivity index (χ2n) is 4.56. The van der Waals surface area contributed by atoms with E-state index in [2.05, 4.69) is 38.3 Å². The van der Waals surface area contributed by atoms with Crippen molar-refractivity contribution in [1.29, 1.82) is 0 Å². The number of imidazole rings is 1. The third-order valence-corrected chi connectivity index (χ3v) is 4.22. The number of aromatic nitrogens is 3. The van der Waals surface area contributed by atoms with E-state index < -0.39 is 0 Å². The normalized spacial score (nSPS) is 13.0. The third kappa shape index (κ3) is 2.15. The molecule has 0 aliphatic carbocycles. The highest BCUT2D eigenvalue weighted by Crippen LogP contribution is 2.27. The molecule has 0 spiro atoms. The van der Waals surface area contributed by atoms with Gasteiger partial charge in [0.2, 0.25) is 0 Å². The zero-order valence-corrected chi connectivity index (χ0v) is 12.4. The van der Waals surface area contributed by atoms with Gasteiger partial charge < -0.3 is 4.57 Å². The second kappa shape index (κ2) is 4.94. The lowest BCUT2D eigenvalue weighted by Crippen LogP contribution is -2.10. The van der Waals surface area contributed by atoms with Gasteiger partial charge in [-0.1, -0.05) is 0 Å². The van der Waals surface area contributed by atoms with Crippen molar-refractivity contribution in [3.8, 4) is 0 Å². The number of alkyl halides is 1. The summed E-state index contributed by atoms with van der Waals surface area (Å²) in [6.45, 7) is 4.15. The van der Waals surface area contributed by atoms with Crippen molar-refractivity contribution in [2.24, 2.45) is 0 Å². The quantitative estimate of drug-likeness (QED) is 0.679. The molecule has 0 bridgehead atoms. The molecule has 0 aliphatic rings. The highest BCUT2D eigenvalue weighted by molar-refractivity contribution is 7.07. The summed E-state index contributed by atoms with van der Waals surface area (Å²) < 4.78 is 2.14. The van der Waals surface area contributed by atoms with Gasteiger partial charge >= 0.3 is 0 Å². The van der Waals surface area contributed by atoms with Crippen LogP contribution in [0.1, 0.15) is 30.0 Å². The minimum atomic E-state index is 0.194. The summed E-state index contributed by atoms with van der Waals surface area (Å²) in [6, 6.07) is 6.31. The first kappa shape index (κ1) is 12.6. The molecule has 0 radical (unpaired) electrons. The standard InChI is InChI=1S/C14H14ClN3S/c1-9-3-4-12-14(16-9)18(13(7-15)17-12)10(2)11-5-6-19-8-11/h3-6,8,10H,7H2,1-2H3. The van der Waals surface area contributed by atoms with Crippen molar-refractivity contribution in [2.75, 3.05) is 0 Å². The van der Waals surface area contributed by atoms with Gasteiger partial charge in [-0.05, 0) is 48.4 Å². The van der Waals surface area contributed by atoms with Gasteiger partial charge in [0.05, 0.1) is 11.9 Å². The monoisotopic (exact) mass is 291 g/mol. The molecule has 1 atom stereocenters. The maximum atomic E-state index is 6.04. The van der Waals surface area contributed by atoms with Crippen LogP contribution >= 0.6 is 22.9 Å². The van der Waals surface area contributed by atoms with E-state index in [9.17, 15) is 0 Å². The summed E-state index contributed by atoms with van der Waals surface area (Å²) in [5, 5.41) is 4.24. The molecule has 0 saturated heterocycles. The van der Waals surface area contributed by atoms with Crippen LogP contribution in [0.15, 0.2) is 29.0 Å². The summed E-state index contributed by atoms with van der Waals surface area (Å²) in [6.07, 6.45) is 0. The first-order valence-corrected chi connectivity index (χ1v) is 7.61. The van der Waals surface area contributed by atoms with E-state index >= 15 is 0 Å². The maximum absolute atomic E-state index is 6.04. The summed E-state index contributed by atoms with van der Waals surface area (Å²) in [4.78, 5) is 9.20. The van der Waals surface area contributed by atoms with Crippen LogP contribution in [0.25, 0.3) is 11.2 Å². The summed E-state index contributed by atoms with van der Waals surface area (Å²) in [7, 11) is 0. The highest BCUT2D eigenvalue weighted by atomic mass is 35.5. The van der Waals surface area contributed by atoms with E-state index in [1.807, 2.05) is 19.1 Å². The van der Waals surface area contributed by atoms with Gasteiger partial charge in [0.1, 0.15) is 11.3 Å². The van der Waals surface area contributed by atoms with E-state index in [1.54, 1.807) is 11.3 Å². The molecule has 3 heterocycles. The molecule has 98 valence electrons. The molecule has 19 heavy (non-hydrogen) atoms. The Morgan fingerprint density at radius 1 is 1.32 bits per heavy atom. The molecule has 3 nitrogen and oxygen atoms in total. The molecule has 0 aromatic carbocycles. The van der Waals surface area contributed by atoms with Crippen molar-refractivity contribution in [2.45, 2.75) is 25.8 Å². The van der Waals surface area contributed by atoms with Crippen molar-refractivity contribution in [3.05, 3.63) is 46.0 Å². The molecule has 0 amide bonds. The Hall–Kier alpha value is -1.39. The van der Waals surface area contributed by atoms with Crippen LogP contribution in [0.4, 0.5) is 0 Å². The number of hydrogen-bond acceptors (Lipinski definition) is 3. The fourth-order valence-electron chi connectivity index (χ4n) is 2.28. The third-order valence-electron chi connectivity index (χ3n) is 3.28. The Labute approximate surface area is 120 Å². The van der Waals surface area contributed by atoms with Crippen LogP contribution in [0, 0.1) is 6.92 Å². The van der Waals surface area contributed by atoms with Crippen molar-refractivity contribution < 1.29 is 0 Å². The van der Waals surface area contributed by atoms with Gasteiger partial charge in [-0.15, -0.1) is 11.6 Å². The summed E-state index contributed by atoms with van der Waals surface area (Å²) in [5.41, 5.74) is 4.07. The molecule has 3 rings (SSSR count). The molecule has 0 saturated carbocycles. The lowest BCUT2D eigenvalue weighted by molar-refractivity contribution is 0.630. The Morgan fingerprint density at radius 3 is 2.84 bits per heavy atom. The van der Waals surface area contributed by atoms with Crippen molar-refractivity contribution in [3.63, 3.8) is 0 Å². The van der Waals surface area contributed by atoms with Crippen LogP contribution in [0.2, 0.25) is 0 Å². The molecule has 3 aromatic rings. The molecule has 0 fully saturated rings. The number of nitrogens with zero attached hydrogens (tertiary/aromatic N) is 3. The first-order chi connectivity index (χ1) is 9.20. The SMILES string of the molecule is Cc1ccc2nc(CCl)n(C(C)c3ccsc3)c2n1. The van der Waals surface area contributed by atoms with Crippen LogP contribution in [0.5, 0.6) is 0 Å². The van der Waals surface area contributed by atoms with E-state index in [4.69, 9.17) is 11.6 Å². The van der Waals surface area contributed by atoms with Crippen molar-refractivity contribution in [1.82, 2.24) is 14.5 Å². The van der Waals surface area contributed by atoms with Crippen LogP contribution < -0.4 is 0 Å². The second-order valence-corrected chi connectivity index (χ2v) is 5.61. The van der Waals surface area contributed by atoms with E-state index in [0.717, 1.165) is 22.7 Å². The number of halogens is 1. The number of fused-ring (bicyclic) bond motifs is 1. The Kier molecular flexibility index (Phi) is 3.29. The van der Waals surface area contributed by atoms with Crippen molar-refractivity contribution >= 4 is 34.1 Å².